The molecule has 1 aliphatic rings. The maximum Gasteiger partial charge on any atom is 0.122 e. The largest absolute Gasteiger partial charge is 0.493 e. The number of imidazole rings is 1. The molecule has 1 aliphatic heterocycles. The van der Waals surface area contributed by atoms with Gasteiger partial charge in [0, 0.05) is 37.3 Å². The predicted molar refractivity (Wildman–Crippen MR) is 83.6 cm³/mol. The van der Waals surface area contributed by atoms with Crippen LogP contribution in [0, 0.1) is 5.92 Å². The van der Waals surface area contributed by atoms with Crippen LogP contribution in [-0.2, 0) is 19.4 Å². The minimum atomic E-state index is 0.381. The van der Waals surface area contributed by atoms with Crippen molar-refractivity contribution in [2.24, 2.45) is 5.92 Å². The summed E-state index contributed by atoms with van der Waals surface area (Å²) in [6.07, 6.45) is 5.94. The average molecular weight is 285 g/mol. The zero-order valence-corrected chi connectivity index (χ0v) is 12.7. The number of fused-ring (bicyclic) bond motifs is 1. The van der Waals surface area contributed by atoms with Crippen LogP contribution in [-0.4, -0.2) is 29.2 Å². The van der Waals surface area contributed by atoms with Crippen molar-refractivity contribution in [1.29, 1.82) is 0 Å². The second-order valence-corrected chi connectivity index (χ2v) is 5.61. The van der Waals surface area contributed by atoms with Crippen molar-refractivity contribution in [1.82, 2.24) is 14.9 Å². The number of hydrogen-bond donors (Lipinski definition) is 1. The molecule has 21 heavy (non-hydrogen) atoms. The van der Waals surface area contributed by atoms with Crippen LogP contribution in [0.5, 0.6) is 5.75 Å². The summed E-state index contributed by atoms with van der Waals surface area (Å²) in [5.41, 5.74) is 1.31. The Balaban J connectivity index is 1.73. The lowest BCUT2D eigenvalue weighted by atomic mass is 9.88. The lowest BCUT2D eigenvalue weighted by Gasteiger charge is -2.31. The van der Waals surface area contributed by atoms with Gasteiger partial charge in [0.05, 0.1) is 6.61 Å². The molecular formula is C17H23N3O. The molecule has 2 aromatic rings. The zero-order chi connectivity index (χ0) is 14.7. The number of likely N-dealkylation sites (N-methyl/N-ethyl adjacent to an activating group) is 1. The maximum atomic E-state index is 5.93. The summed E-state index contributed by atoms with van der Waals surface area (Å²) in [5, 5.41) is 3.46. The average Bonchev–Trinajstić information content (AvgIpc) is 2.99. The molecule has 2 atom stereocenters. The van der Waals surface area contributed by atoms with Gasteiger partial charge in [0.25, 0.3) is 0 Å². The lowest BCUT2D eigenvalue weighted by molar-refractivity contribution is 0.185. The molecule has 0 radical (unpaired) electrons. The molecule has 0 fully saturated rings. The van der Waals surface area contributed by atoms with Crippen LogP contribution >= 0.6 is 0 Å². The van der Waals surface area contributed by atoms with E-state index >= 15 is 0 Å². The van der Waals surface area contributed by atoms with Crippen molar-refractivity contribution in [2.45, 2.75) is 32.4 Å². The number of ether oxygens (including phenoxy) is 1. The highest BCUT2D eigenvalue weighted by Gasteiger charge is 2.27. The summed E-state index contributed by atoms with van der Waals surface area (Å²) < 4.78 is 8.14. The van der Waals surface area contributed by atoms with Crippen LogP contribution in [0.4, 0.5) is 0 Å². The first-order valence-electron chi connectivity index (χ1n) is 7.69. The van der Waals surface area contributed by atoms with Gasteiger partial charge in [-0.2, -0.15) is 0 Å². The highest BCUT2D eigenvalue weighted by atomic mass is 16.5. The van der Waals surface area contributed by atoms with E-state index in [4.69, 9.17) is 4.74 Å². The van der Waals surface area contributed by atoms with Gasteiger partial charge in [0.2, 0.25) is 0 Å². The summed E-state index contributed by atoms with van der Waals surface area (Å²) in [6.45, 7) is 3.89. The number of nitrogens with one attached hydrogen (secondary N) is 1. The topological polar surface area (TPSA) is 39.1 Å². The minimum Gasteiger partial charge on any atom is -0.493 e. The molecule has 112 valence electrons. The first-order valence-corrected chi connectivity index (χ1v) is 7.69. The van der Waals surface area contributed by atoms with E-state index in [9.17, 15) is 0 Å². The quantitative estimate of drug-likeness (QED) is 0.916. The monoisotopic (exact) mass is 285 g/mol. The maximum absolute atomic E-state index is 5.93. The first-order chi connectivity index (χ1) is 10.3. The van der Waals surface area contributed by atoms with E-state index in [-0.39, 0.29) is 0 Å². The number of rotatable bonds is 5. The molecule has 1 aromatic carbocycles. The summed E-state index contributed by atoms with van der Waals surface area (Å²) in [5.74, 6) is 2.67. The van der Waals surface area contributed by atoms with Gasteiger partial charge in [0.15, 0.2) is 0 Å². The van der Waals surface area contributed by atoms with E-state index in [0.717, 1.165) is 37.6 Å². The summed E-state index contributed by atoms with van der Waals surface area (Å²) in [7, 11) is 2.03. The van der Waals surface area contributed by atoms with E-state index in [1.807, 2.05) is 19.3 Å². The summed E-state index contributed by atoms with van der Waals surface area (Å²) in [4.78, 5) is 4.50. The smallest absolute Gasteiger partial charge is 0.122 e. The third-order valence-electron chi connectivity index (χ3n) is 4.39. The van der Waals surface area contributed by atoms with Gasteiger partial charge in [-0.25, -0.2) is 4.98 Å². The van der Waals surface area contributed by atoms with Gasteiger partial charge in [-0.1, -0.05) is 18.2 Å². The fourth-order valence-electron chi connectivity index (χ4n) is 3.13. The molecule has 0 saturated carbocycles. The molecule has 1 aromatic heterocycles. The Morgan fingerprint density at radius 2 is 2.29 bits per heavy atom. The van der Waals surface area contributed by atoms with Crippen LogP contribution in [0.3, 0.4) is 0 Å². The molecule has 0 aliphatic carbocycles. The molecule has 0 amide bonds. The van der Waals surface area contributed by atoms with Crippen LogP contribution in [0.25, 0.3) is 0 Å². The molecular weight excluding hydrogens is 262 g/mol. The molecule has 4 nitrogen and oxygen atoms in total. The van der Waals surface area contributed by atoms with E-state index in [0.29, 0.717) is 12.0 Å². The van der Waals surface area contributed by atoms with E-state index in [2.05, 4.69) is 46.2 Å². The van der Waals surface area contributed by atoms with E-state index in [1.165, 1.54) is 5.56 Å². The summed E-state index contributed by atoms with van der Waals surface area (Å²) in [6, 6.07) is 8.73. The predicted octanol–water partition coefficient (Wildman–Crippen LogP) is 2.28. The van der Waals surface area contributed by atoms with Gasteiger partial charge in [-0.05, 0) is 32.0 Å². The second-order valence-electron chi connectivity index (χ2n) is 5.61. The normalized spacial score (nSPS) is 18.9. The molecule has 2 heterocycles. The molecule has 3 rings (SSSR count). The number of aryl methyl sites for hydroxylation is 1. The van der Waals surface area contributed by atoms with Gasteiger partial charge < -0.3 is 14.6 Å². The SMILES string of the molecule is CCn1ccnc1CC(NC)C1COc2ccccc2C1. The van der Waals surface area contributed by atoms with Crippen molar-refractivity contribution in [3.63, 3.8) is 0 Å². The van der Waals surface area contributed by atoms with E-state index < -0.39 is 0 Å². The molecule has 0 spiro atoms. The highest BCUT2D eigenvalue weighted by Crippen LogP contribution is 2.29. The Kier molecular flexibility index (Phi) is 4.25. The van der Waals surface area contributed by atoms with Gasteiger partial charge in [-0.3, -0.25) is 0 Å². The van der Waals surface area contributed by atoms with Crippen LogP contribution in [0.15, 0.2) is 36.7 Å². The van der Waals surface area contributed by atoms with Gasteiger partial charge in [-0.15, -0.1) is 0 Å². The standard InChI is InChI=1S/C17H23N3O/c1-3-20-9-8-19-17(20)11-15(18-2)14-10-13-6-4-5-7-16(13)21-12-14/h4-9,14-15,18H,3,10-12H2,1-2H3. The van der Waals surface area contributed by atoms with Crippen LogP contribution in [0.2, 0.25) is 0 Å². The van der Waals surface area contributed by atoms with Crippen LogP contribution in [0.1, 0.15) is 18.3 Å². The van der Waals surface area contributed by atoms with Crippen molar-refractivity contribution >= 4 is 0 Å². The van der Waals surface area contributed by atoms with Crippen LogP contribution < -0.4 is 10.1 Å². The molecule has 4 heteroatoms. The Hall–Kier alpha value is -1.81. The van der Waals surface area contributed by atoms with Crippen molar-refractivity contribution in [3.8, 4) is 5.75 Å². The third-order valence-corrected chi connectivity index (χ3v) is 4.39. The Labute approximate surface area is 126 Å². The Morgan fingerprint density at radius 3 is 3.10 bits per heavy atom. The second kappa shape index (κ2) is 6.31. The first kappa shape index (κ1) is 14.1. The number of para-hydroxylation sites is 1. The summed E-state index contributed by atoms with van der Waals surface area (Å²) >= 11 is 0. The number of nitrogens with zero attached hydrogens (tertiary/aromatic N) is 2. The molecule has 0 bridgehead atoms. The third kappa shape index (κ3) is 2.95. The number of benzene rings is 1. The van der Waals surface area contributed by atoms with Gasteiger partial charge in [0.1, 0.15) is 11.6 Å². The zero-order valence-electron chi connectivity index (χ0n) is 12.7. The molecule has 2 unspecified atom stereocenters. The fourth-order valence-corrected chi connectivity index (χ4v) is 3.13. The molecule has 0 saturated heterocycles. The molecule has 1 N–H and O–H groups in total. The fraction of sp³-hybridized carbons (Fsp3) is 0.471. The van der Waals surface area contributed by atoms with Crippen molar-refractivity contribution in [3.05, 3.63) is 48.0 Å². The minimum absolute atomic E-state index is 0.381. The number of aromatic nitrogens is 2. The van der Waals surface area contributed by atoms with E-state index in [1.54, 1.807) is 0 Å². The Morgan fingerprint density at radius 1 is 1.43 bits per heavy atom. The van der Waals surface area contributed by atoms with Crippen molar-refractivity contribution in [2.75, 3.05) is 13.7 Å². The van der Waals surface area contributed by atoms with Gasteiger partial charge >= 0.3 is 0 Å². The lowest BCUT2D eigenvalue weighted by Crippen LogP contribution is -2.42. The highest BCUT2D eigenvalue weighted by molar-refractivity contribution is 5.35. The van der Waals surface area contributed by atoms with Crippen molar-refractivity contribution < 1.29 is 4.74 Å². The number of hydrogen-bond acceptors (Lipinski definition) is 3. The Bertz CT molecular complexity index is 593.